The van der Waals surface area contributed by atoms with Gasteiger partial charge >= 0.3 is 0 Å². The van der Waals surface area contributed by atoms with Crippen molar-refractivity contribution in [2.75, 3.05) is 7.05 Å². The number of nitrogens with one attached hydrogen (secondary N) is 1. The normalized spacial score (nSPS) is 12.5. The number of benzene rings is 1. The van der Waals surface area contributed by atoms with E-state index in [1.54, 1.807) is 18.0 Å². The minimum atomic E-state index is -0.154. The third-order valence-corrected chi connectivity index (χ3v) is 4.21. The molecule has 0 spiro atoms. The van der Waals surface area contributed by atoms with Gasteiger partial charge in [0, 0.05) is 24.0 Å². The molecule has 0 fully saturated rings. The van der Waals surface area contributed by atoms with Crippen LogP contribution in [0.1, 0.15) is 40.3 Å². The Kier molecular flexibility index (Phi) is 3.48. The number of nitrogens with zero attached hydrogens (tertiary/aromatic N) is 2. The highest BCUT2D eigenvalue weighted by molar-refractivity contribution is 6.01. The van der Waals surface area contributed by atoms with Crippen LogP contribution < -0.4 is 0 Å². The maximum absolute atomic E-state index is 12.8. The number of aryl methyl sites for hydroxylation is 2. The number of amides is 1. The Morgan fingerprint density at radius 1 is 1.32 bits per heavy atom. The van der Waals surface area contributed by atoms with E-state index in [9.17, 15) is 4.79 Å². The zero-order chi connectivity index (χ0) is 15.9. The standard InChI is InChI=1S/C17H19N3O2/c1-10-5-6-15-13(9-10)11(2)16(18-15)17(21)20(4)12(3)14-7-8-22-19-14/h5-9,12,18H,1-4H3. The fraction of sp³-hybridized carbons (Fsp3) is 0.294. The van der Waals surface area contributed by atoms with Crippen molar-refractivity contribution in [3.63, 3.8) is 0 Å². The van der Waals surface area contributed by atoms with Gasteiger partial charge in [-0.05, 0) is 38.5 Å². The predicted molar refractivity (Wildman–Crippen MR) is 84.8 cm³/mol. The van der Waals surface area contributed by atoms with Gasteiger partial charge < -0.3 is 14.4 Å². The van der Waals surface area contributed by atoms with Gasteiger partial charge in [-0.1, -0.05) is 16.8 Å². The number of rotatable bonds is 3. The van der Waals surface area contributed by atoms with Gasteiger partial charge in [0.2, 0.25) is 0 Å². The third kappa shape index (κ3) is 2.28. The fourth-order valence-electron chi connectivity index (χ4n) is 2.64. The average Bonchev–Trinajstić information content (AvgIpc) is 3.14. The van der Waals surface area contributed by atoms with Crippen LogP contribution in [0.2, 0.25) is 0 Å². The van der Waals surface area contributed by atoms with E-state index in [2.05, 4.69) is 16.2 Å². The van der Waals surface area contributed by atoms with Crippen LogP contribution in [0.25, 0.3) is 10.9 Å². The van der Waals surface area contributed by atoms with Gasteiger partial charge in [-0.2, -0.15) is 0 Å². The largest absolute Gasteiger partial charge is 0.364 e. The van der Waals surface area contributed by atoms with Crippen molar-refractivity contribution in [1.29, 1.82) is 0 Å². The molecule has 3 rings (SSSR count). The minimum absolute atomic E-state index is 0.0538. The summed E-state index contributed by atoms with van der Waals surface area (Å²) >= 11 is 0. The van der Waals surface area contributed by atoms with E-state index < -0.39 is 0 Å². The Morgan fingerprint density at radius 2 is 2.09 bits per heavy atom. The lowest BCUT2D eigenvalue weighted by molar-refractivity contribution is 0.0732. The number of hydrogen-bond acceptors (Lipinski definition) is 3. The average molecular weight is 297 g/mol. The molecule has 0 aliphatic carbocycles. The molecule has 0 bridgehead atoms. The molecule has 0 radical (unpaired) electrons. The van der Waals surface area contributed by atoms with E-state index in [1.807, 2.05) is 32.9 Å². The fourth-order valence-corrected chi connectivity index (χ4v) is 2.64. The molecule has 0 saturated carbocycles. The highest BCUT2D eigenvalue weighted by Gasteiger charge is 2.24. The Labute approximate surface area is 128 Å². The summed E-state index contributed by atoms with van der Waals surface area (Å²) in [5.74, 6) is -0.0538. The molecule has 114 valence electrons. The lowest BCUT2D eigenvalue weighted by atomic mass is 10.1. The zero-order valence-corrected chi connectivity index (χ0v) is 13.2. The molecular weight excluding hydrogens is 278 g/mol. The number of fused-ring (bicyclic) bond motifs is 1. The van der Waals surface area contributed by atoms with Crippen LogP contribution in [-0.2, 0) is 0 Å². The van der Waals surface area contributed by atoms with Gasteiger partial charge in [-0.15, -0.1) is 0 Å². The maximum atomic E-state index is 12.8. The van der Waals surface area contributed by atoms with Gasteiger partial charge in [-0.25, -0.2) is 0 Å². The quantitative estimate of drug-likeness (QED) is 0.803. The van der Waals surface area contributed by atoms with Crippen molar-refractivity contribution in [2.45, 2.75) is 26.8 Å². The number of aromatic amines is 1. The Balaban J connectivity index is 1.96. The van der Waals surface area contributed by atoms with Crippen LogP contribution in [0.15, 0.2) is 35.1 Å². The summed E-state index contributed by atoms with van der Waals surface area (Å²) in [7, 11) is 1.78. The SMILES string of the molecule is Cc1ccc2[nH]c(C(=O)N(C)C(C)c3ccon3)c(C)c2c1. The van der Waals surface area contributed by atoms with E-state index >= 15 is 0 Å². The number of carbonyl (C=O) groups excluding carboxylic acids is 1. The van der Waals surface area contributed by atoms with Crippen LogP contribution in [-0.4, -0.2) is 28.0 Å². The molecule has 3 aromatic rings. The smallest absolute Gasteiger partial charge is 0.270 e. The molecular formula is C17H19N3O2. The highest BCUT2D eigenvalue weighted by Crippen LogP contribution is 2.26. The van der Waals surface area contributed by atoms with Crippen molar-refractivity contribution >= 4 is 16.8 Å². The molecule has 1 amide bonds. The van der Waals surface area contributed by atoms with Crippen LogP contribution in [0.4, 0.5) is 0 Å². The van der Waals surface area contributed by atoms with E-state index in [-0.39, 0.29) is 11.9 Å². The molecule has 2 aromatic heterocycles. The highest BCUT2D eigenvalue weighted by atomic mass is 16.5. The summed E-state index contributed by atoms with van der Waals surface area (Å²) in [6.07, 6.45) is 1.51. The van der Waals surface area contributed by atoms with Crippen LogP contribution >= 0.6 is 0 Å². The molecule has 0 aliphatic heterocycles. The number of H-pyrrole nitrogens is 1. The summed E-state index contributed by atoms with van der Waals surface area (Å²) < 4.78 is 4.86. The summed E-state index contributed by atoms with van der Waals surface area (Å²) in [5, 5.41) is 5.00. The molecule has 2 heterocycles. The summed E-state index contributed by atoms with van der Waals surface area (Å²) in [6.45, 7) is 5.95. The summed E-state index contributed by atoms with van der Waals surface area (Å²) in [5.41, 5.74) is 4.49. The molecule has 5 nitrogen and oxygen atoms in total. The lowest BCUT2D eigenvalue weighted by Crippen LogP contribution is -2.30. The van der Waals surface area contributed by atoms with Crippen molar-refractivity contribution < 1.29 is 9.32 Å². The van der Waals surface area contributed by atoms with Crippen molar-refractivity contribution in [2.24, 2.45) is 0 Å². The van der Waals surface area contributed by atoms with E-state index in [0.717, 1.165) is 22.2 Å². The monoisotopic (exact) mass is 297 g/mol. The third-order valence-electron chi connectivity index (χ3n) is 4.21. The molecule has 0 aliphatic rings. The van der Waals surface area contributed by atoms with Crippen LogP contribution in [0.3, 0.4) is 0 Å². The van der Waals surface area contributed by atoms with Crippen LogP contribution in [0, 0.1) is 13.8 Å². The van der Waals surface area contributed by atoms with Gasteiger partial charge in [0.25, 0.3) is 5.91 Å². The second kappa shape index (κ2) is 5.33. The van der Waals surface area contributed by atoms with Crippen molar-refractivity contribution in [3.05, 3.63) is 53.0 Å². The second-order valence-electron chi connectivity index (χ2n) is 5.69. The minimum Gasteiger partial charge on any atom is -0.364 e. The maximum Gasteiger partial charge on any atom is 0.270 e. The predicted octanol–water partition coefficient (Wildman–Crippen LogP) is 3.61. The molecule has 5 heteroatoms. The summed E-state index contributed by atoms with van der Waals surface area (Å²) in [4.78, 5) is 17.7. The number of carbonyl (C=O) groups is 1. The number of hydrogen-bond donors (Lipinski definition) is 1. The van der Waals surface area contributed by atoms with Crippen molar-refractivity contribution in [1.82, 2.24) is 15.0 Å². The molecule has 1 N–H and O–H groups in total. The molecule has 1 aromatic carbocycles. The van der Waals surface area contributed by atoms with E-state index in [4.69, 9.17) is 4.52 Å². The second-order valence-corrected chi connectivity index (χ2v) is 5.69. The Morgan fingerprint density at radius 3 is 2.77 bits per heavy atom. The van der Waals surface area contributed by atoms with Gasteiger partial charge in [0.05, 0.1) is 6.04 Å². The van der Waals surface area contributed by atoms with E-state index in [1.165, 1.54) is 11.8 Å². The first-order valence-electron chi connectivity index (χ1n) is 7.25. The summed E-state index contributed by atoms with van der Waals surface area (Å²) in [6, 6.07) is 7.76. The molecule has 1 unspecified atom stereocenters. The number of aromatic nitrogens is 2. The van der Waals surface area contributed by atoms with Crippen LogP contribution in [0.5, 0.6) is 0 Å². The topological polar surface area (TPSA) is 62.1 Å². The van der Waals surface area contributed by atoms with Gasteiger partial charge in [-0.3, -0.25) is 4.79 Å². The zero-order valence-electron chi connectivity index (χ0n) is 13.2. The molecule has 1 atom stereocenters. The first kappa shape index (κ1) is 14.4. The van der Waals surface area contributed by atoms with Gasteiger partial charge in [0.1, 0.15) is 17.7 Å². The first-order chi connectivity index (χ1) is 10.5. The first-order valence-corrected chi connectivity index (χ1v) is 7.25. The Bertz CT molecular complexity index is 818. The van der Waals surface area contributed by atoms with Gasteiger partial charge in [0.15, 0.2) is 0 Å². The molecule has 22 heavy (non-hydrogen) atoms. The lowest BCUT2D eigenvalue weighted by Gasteiger charge is -2.22. The Hall–Kier alpha value is -2.56. The van der Waals surface area contributed by atoms with E-state index in [0.29, 0.717) is 5.69 Å². The van der Waals surface area contributed by atoms with Crippen molar-refractivity contribution in [3.8, 4) is 0 Å². The molecule has 0 saturated heterocycles.